The number of allylic oxidation sites excluding steroid dienone is 4. The Morgan fingerprint density at radius 2 is 1.29 bits per heavy atom. The summed E-state index contributed by atoms with van der Waals surface area (Å²) in [6, 6.07) is 41.7. The zero-order chi connectivity index (χ0) is 22.4. The van der Waals surface area contributed by atoms with Gasteiger partial charge < -0.3 is 0 Å². The first-order chi connectivity index (χ1) is 15.9. The van der Waals surface area contributed by atoms with Gasteiger partial charge in [-0.2, -0.15) is 72.8 Å². The van der Waals surface area contributed by atoms with Crippen LogP contribution in [-0.2, 0) is 30.7 Å². The summed E-state index contributed by atoms with van der Waals surface area (Å²) >= 11 is 1.30. The molecule has 0 radical (unpaired) electrons. The quantitative estimate of drug-likeness (QED) is 0.181. The maximum absolute atomic E-state index is 3.61. The molecule has 34 heavy (non-hydrogen) atoms. The fourth-order valence-corrected chi connectivity index (χ4v) is 3.58. The Morgan fingerprint density at radius 3 is 1.79 bits per heavy atom. The predicted molar refractivity (Wildman–Crippen MR) is 147 cm³/mol. The molecule has 0 aromatic heterocycles. The Bertz CT molecular complexity index is 1070. The van der Waals surface area contributed by atoms with Crippen LogP contribution in [0, 0.1) is 18.2 Å². The van der Waals surface area contributed by atoms with Crippen LogP contribution in [0.4, 0.5) is 0 Å². The van der Waals surface area contributed by atoms with E-state index < -0.39 is 0 Å². The van der Waals surface area contributed by atoms with Crippen LogP contribution in [0.2, 0.25) is 0 Å². The van der Waals surface area contributed by atoms with Crippen molar-refractivity contribution >= 4 is 34.6 Å². The first-order valence-electron chi connectivity index (χ1n) is 10.6. The van der Waals surface area contributed by atoms with Gasteiger partial charge in [0, 0.05) is 0 Å². The summed E-state index contributed by atoms with van der Waals surface area (Å²) in [6.07, 6.45) is 8.60. The minimum absolute atomic E-state index is 0. The van der Waals surface area contributed by atoms with Gasteiger partial charge in [-0.15, -0.1) is 65.8 Å². The summed E-state index contributed by atoms with van der Waals surface area (Å²) in [6.45, 7) is 0. The van der Waals surface area contributed by atoms with Crippen molar-refractivity contribution in [1.29, 1.82) is 0 Å². The van der Waals surface area contributed by atoms with Crippen LogP contribution in [0.15, 0.2) is 115 Å². The van der Waals surface area contributed by atoms with E-state index >= 15 is 0 Å². The van der Waals surface area contributed by atoms with Crippen molar-refractivity contribution in [3.05, 3.63) is 150 Å². The number of halogens is 2. The van der Waals surface area contributed by atoms with Gasteiger partial charge in [-0.05, 0) is 18.4 Å². The third-order valence-electron chi connectivity index (χ3n) is 5.03. The van der Waals surface area contributed by atoms with Crippen molar-refractivity contribution in [2.45, 2.75) is 12.8 Å². The molecule has 0 saturated heterocycles. The van der Waals surface area contributed by atoms with E-state index in [2.05, 4.69) is 77.0 Å². The van der Waals surface area contributed by atoms with Crippen molar-refractivity contribution in [3.8, 4) is 11.1 Å². The second-order valence-electron chi connectivity index (χ2n) is 7.08. The summed E-state index contributed by atoms with van der Waals surface area (Å²) in [5.41, 5.74) is 8.16. The van der Waals surface area contributed by atoms with Crippen LogP contribution in [0.25, 0.3) is 16.7 Å². The zero-order valence-corrected chi connectivity index (χ0v) is 23.0. The maximum Gasteiger partial charge on any atom is -0.0195 e. The van der Waals surface area contributed by atoms with Crippen molar-refractivity contribution in [2.24, 2.45) is 0 Å². The summed E-state index contributed by atoms with van der Waals surface area (Å²) in [4.78, 5) is 0. The van der Waals surface area contributed by atoms with E-state index in [0.717, 1.165) is 12.8 Å². The Labute approximate surface area is 231 Å². The molecule has 0 aliphatic heterocycles. The molecule has 0 amide bonds. The van der Waals surface area contributed by atoms with E-state index in [1.165, 1.54) is 57.6 Å². The molecule has 0 heterocycles. The summed E-state index contributed by atoms with van der Waals surface area (Å²) in [5.74, 6) is 0. The van der Waals surface area contributed by atoms with Gasteiger partial charge in [0.05, 0.1) is 0 Å². The standard InChI is InChI=1S/C18H13.2C6H5.CH2.2ClH.Zr/c1-2-6-13(5-1)14-9-10-18-16(11-14)12-15-7-3-4-8-17(15)18;2*1-2-4-6-5-3-1;;;;/h1-5,7-10H,6,12H2;2*1-5H;1H2;2*1H;/q3*-1;;;;. The van der Waals surface area contributed by atoms with Gasteiger partial charge >= 0.3 is 28.4 Å². The Morgan fingerprint density at radius 1 is 0.676 bits per heavy atom. The zero-order valence-electron chi connectivity index (χ0n) is 18.9. The van der Waals surface area contributed by atoms with Crippen molar-refractivity contribution in [3.63, 3.8) is 0 Å². The van der Waals surface area contributed by atoms with Gasteiger partial charge in [-0.1, -0.05) is 47.5 Å². The van der Waals surface area contributed by atoms with Crippen LogP contribution in [0.3, 0.4) is 0 Å². The minimum atomic E-state index is 0. The normalized spacial score (nSPS) is 11.1. The van der Waals surface area contributed by atoms with E-state index in [9.17, 15) is 0 Å². The van der Waals surface area contributed by atoms with Crippen molar-refractivity contribution in [2.75, 3.05) is 0 Å². The first-order valence-corrected chi connectivity index (χ1v) is 12.3. The Balaban J connectivity index is 0.000000301. The summed E-state index contributed by atoms with van der Waals surface area (Å²) in [5, 5.41) is 0. The smallest absolute Gasteiger partial charge is 0.0195 e. The fourth-order valence-electron chi connectivity index (χ4n) is 3.58. The van der Waals surface area contributed by atoms with Crippen molar-refractivity contribution in [1.82, 2.24) is 0 Å². The molecule has 0 saturated carbocycles. The number of benzene rings is 4. The molecule has 4 aromatic carbocycles. The molecule has 4 aromatic rings. The SMILES string of the molecule is Cl.Cl.[CH2]=[Zr].[c-]1c(C2=CC=CC2)ccc2c1Cc1ccccc1-2.[c-]1ccccc1.[c-]1ccccc1. The Hall–Kier alpha value is -2.31. The largest absolute Gasteiger partial charge is 0.184 e. The molecule has 0 unspecified atom stereocenters. The molecule has 2 aliphatic carbocycles. The van der Waals surface area contributed by atoms with Gasteiger partial charge in [0.2, 0.25) is 0 Å². The second kappa shape index (κ2) is 17.2. The van der Waals surface area contributed by atoms with E-state index in [1.54, 1.807) is 0 Å². The van der Waals surface area contributed by atoms with E-state index in [0.29, 0.717) is 0 Å². The van der Waals surface area contributed by atoms with E-state index in [4.69, 9.17) is 0 Å². The number of rotatable bonds is 1. The molecule has 0 fully saturated rings. The molecule has 2 aliphatic rings. The first kappa shape index (κ1) is 29.7. The number of hydrogen-bond acceptors (Lipinski definition) is 0. The molecule has 172 valence electrons. The summed E-state index contributed by atoms with van der Waals surface area (Å²) < 4.78 is 3.34. The molecule has 3 heteroatoms. The van der Waals surface area contributed by atoms with Crippen LogP contribution in [-0.4, -0.2) is 4.21 Å². The molecular formula is C31H27Cl2Zr-3. The molecule has 0 nitrogen and oxygen atoms in total. The van der Waals surface area contributed by atoms with Gasteiger partial charge in [-0.3, -0.25) is 0 Å². The third kappa shape index (κ3) is 8.80. The van der Waals surface area contributed by atoms with Gasteiger partial charge in [0.25, 0.3) is 0 Å². The van der Waals surface area contributed by atoms with Crippen LogP contribution < -0.4 is 0 Å². The van der Waals surface area contributed by atoms with Gasteiger partial charge in [-0.25, -0.2) is 0 Å². The fraction of sp³-hybridized carbons (Fsp3) is 0.0645. The molecule has 0 spiro atoms. The van der Waals surface area contributed by atoms with Crippen LogP contribution >= 0.6 is 24.8 Å². The van der Waals surface area contributed by atoms with Gasteiger partial charge in [0.1, 0.15) is 0 Å². The molecule has 0 bridgehead atoms. The maximum atomic E-state index is 3.61. The average Bonchev–Trinajstić information content (AvgIpc) is 3.56. The van der Waals surface area contributed by atoms with Crippen molar-refractivity contribution < 1.29 is 24.2 Å². The van der Waals surface area contributed by atoms with Crippen LogP contribution in [0.1, 0.15) is 23.1 Å². The molecule has 6 rings (SSSR count). The van der Waals surface area contributed by atoms with E-state index in [-0.39, 0.29) is 24.8 Å². The number of hydrogen-bond donors (Lipinski definition) is 0. The predicted octanol–water partition coefficient (Wildman–Crippen LogP) is 8.18. The van der Waals surface area contributed by atoms with Gasteiger partial charge in [0.15, 0.2) is 0 Å². The second-order valence-corrected chi connectivity index (χ2v) is 7.08. The topological polar surface area (TPSA) is 0 Å². The van der Waals surface area contributed by atoms with Crippen LogP contribution in [0.5, 0.6) is 0 Å². The minimum Gasteiger partial charge on any atom is -0.184 e. The molecular weight excluding hydrogens is 534 g/mol. The Kier molecular flexibility index (Phi) is 15.0. The third-order valence-corrected chi connectivity index (χ3v) is 5.03. The average molecular weight is 562 g/mol. The molecule has 0 N–H and O–H groups in total. The summed E-state index contributed by atoms with van der Waals surface area (Å²) in [7, 11) is 0. The number of fused-ring (bicyclic) bond motifs is 3. The monoisotopic (exact) mass is 559 g/mol. The molecule has 0 atom stereocenters. The van der Waals surface area contributed by atoms with E-state index in [1.807, 2.05) is 60.7 Å².